The minimum absolute atomic E-state index is 0.0955. The van der Waals surface area contributed by atoms with Gasteiger partial charge in [-0.05, 0) is 54.4 Å². The number of amides is 1. The largest absolute Gasteiger partial charge is 0.497 e. The van der Waals surface area contributed by atoms with Crippen LogP contribution in [0, 0.1) is 5.92 Å². The molecule has 0 radical (unpaired) electrons. The fourth-order valence-electron chi connectivity index (χ4n) is 2.37. The number of carbonyl (C=O) groups excluding carboxylic acids is 1. The summed E-state index contributed by atoms with van der Waals surface area (Å²) in [5, 5.41) is 11.8. The lowest BCUT2D eigenvalue weighted by Crippen LogP contribution is -2.44. The van der Waals surface area contributed by atoms with Gasteiger partial charge in [0.25, 0.3) is 5.91 Å². The summed E-state index contributed by atoms with van der Waals surface area (Å²) in [6, 6.07) is 10.7. The van der Waals surface area contributed by atoms with Crippen LogP contribution in [0.2, 0.25) is 0 Å². The van der Waals surface area contributed by atoms with Gasteiger partial charge >= 0.3 is 5.97 Å². The Morgan fingerprint density at radius 1 is 1.00 bits per heavy atom. The number of hydrogen-bond acceptors (Lipinski definition) is 5. The molecule has 2 aromatic rings. The van der Waals surface area contributed by atoms with Gasteiger partial charge in [-0.3, -0.25) is 9.59 Å². The standard InChI is InChI=1S/C19H22N2O6S/c1-12(2)17(19(23)24)21-28(25,26)16-10-6-14(7-11-16)20-18(22)13-4-8-15(27-3)9-5-13/h4-12,17,21H,1-3H3,(H,20,22)(H,23,24)/t17-/m1/s1/i3-1. The molecule has 0 fully saturated rings. The van der Waals surface area contributed by atoms with E-state index in [9.17, 15) is 18.0 Å². The number of sulfonamides is 1. The van der Waals surface area contributed by atoms with Crippen LogP contribution in [0.15, 0.2) is 53.4 Å². The normalized spacial score (nSPS) is 12.4. The second kappa shape index (κ2) is 8.85. The van der Waals surface area contributed by atoms with E-state index in [4.69, 9.17) is 9.84 Å². The summed E-state index contributed by atoms with van der Waals surface area (Å²) in [6.07, 6.45) is 0. The molecule has 0 aliphatic carbocycles. The summed E-state index contributed by atoms with van der Waals surface area (Å²) >= 11 is 0. The number of carbonyl (C=O) groups is 2. The fraction of sp³-hybridized carbons (Fsp3) is 0.263. The number of nitrogens with one attached hydrogen (secondary N) is 2. The van der Waals surface area contributed by atoms with Crippen LogP contribution in [0.3, 0.4) is 0 Å². The lowest BCUT2D eigenvalue weighted by atomic mass is 10.1. The molecule has 2 rings (SSSR count). The maximum atomic E-state index is 12.4. The van der Waals surface area contributed by atoms with E-state index < -0.39 is 28.0 Å². The van der Waals surface area contributed by atoms with Gasteiger partial charge in [-0.15, -0.1) is 0 Å². The van der Waals surface area contributed by atoms with E-state index in [2.05, 4.69) is 10.0 Å². The number of benzene rings is 2. The van der Waals surface area contributed by atoms with Gasteiger partial charge in [0.15, 0.2) is 0 Å². The molecular formula is C19H22N2O6S. The van der Waals surface area contributed by atoms with Crippen molar-refractivity contribution in [1.82, 2.24) is 4.72 Å². The molecule has 0 aliphatic heterocycles. The summed E-state index contributed by atoms with van der Waals surface area (Å²) < 4.78 is 32.0. The molecular weight excluding hydrogens is 383 g/mol. The number of anilines is 1. The highest BCUT2D eigenvalue weighted by atomic mass is 32.2. The quantitative estimate of drug-likeness (QED) is 0.620. The number of carboxylic acid groups (broad SMARTS) is 1. The van der Waals surface area contributed by atoms with Crippen molar-refractivity contribution < 1.29 is 27.9 Å². The second-order valence-electron chi connectivity index (χ2n) is 6.39. The van der Waals surface area contributed by atoms with Crippen LogP contribution >= 0.6 is 0 Å². The van der Waals surface area contributed by atoms with Gasteiger partial charge in [-0.25, -0.2) is 8.42 Å². The first-order valence-corrected chi connectivity index (χ1v) is 9.93. The van der Waals surface area contributed by atoms with Gasteiger partial charge in [0.05, 0.1) is 12.0 Å². The van der Waals surface area contributed by atoms with Gasteiger partial charge in [0, 0.05) is 11.3 Å². The first-order chi connectivity index (χ1) is 13.1. The molecule has 0 heterocycles. The zero-order valence-electron chi connectivity index (χ0n) is 15.7. The molecule has 0 spiro atoms. The SMILES string of the molecule is CC(C)[C@@H](NS(=O)(=O)c1ccc(NC(=O)c2ccc(O[11CH3])cc2)cc1)C(=O)O. The number of methoxy groups -OCH3 is 1. The zero-order valence-corrected chi connectivity index (χ0v) is 16.5. The first-order valence-electron chi connectivity index (χ1n) is 8.44. The highest BCUT2D eigenvalue weighted by Crippen LogP contribution is 2.17. The van der Waals surface area contributed by atoms with E-state index in [1.807, 2.05) is 0 Å². The molecule has 0 unspecified atom stereocenters. The molecule has 0 aromatic heterocycles. The lowest BCUT2D eigenvalue weighted by molar-refractivity contribution is -0.140. The third kappa shape index (κ3) is 5.30. The molecule has 2 aromatic carbocycles. The van der Waals surface area contributed by atoms with Crippen LogP contribution < -0.4 is 14.8 Å². The molecule has 9 heteroatoms. The summed E-state index contributed by atoms with van der Waals surface area (Å²) in [5.74, 6) is -1.40. The highest BCUT2D eigenvalue weighted by molar-refractivity contribution is 7.89. The van der Waals surface area contributed by atoms with Gasteiger partial charge in [0.2, 0.25) is 10.0 Å². The van der Waals surface area contributed by atoms with Crippen molar-refractivity contribution in [3.8, 4) is 5.75 Å². The molecule has 0 saturated carbocycles. The van der Waals surface area contributed by atoms with Crippen LogP contribution in [0.5, 0.6) is 5.75 Å². The Morgan fingerprint density at radius 2 is 1.57 bits per heavy atom. The lowest BCUT2D eigenvalue weighted by Gasteiger charge is -2.18. The van der Waals surface area contributed by atoms with Gasteiger partial charge in [-0.2, -0.15) is 4.72 Å². The van der Waals surface area contributed by atoms with E-state index in [1.54, 1.807) is 38.1 Å². The monoisotopic (exact) mass is 405 g/mol. The topological polar surface area (TPSA) is 122 Å². The molecule has 0 aliphatic rings. The third-order valence-corrected chi connectivity index (χ3v) is 5.45. The van der Waals surface area contributed by atoms with Crippen molar-refractivity contribution in [3.63, 3.8) is 0 Å². The summed E-state index contributed by atoms with van der Waals surface area (Å²) in [6.45, 7) is 3.22. The fourth-order valence-corrected chi connectivity index (χ4v) is 3.71. The maximum absolute atomic E-state index is 12.4. The van der Waals surface area contributed by atoms with Crippen molar-refractivity contribution in [2.75, 3.05) is 12.4 Å². The number of aliphatic carboxylic acids is 1. The highest BCUT2D eigenvalue weighted by Gasteiger charge is 2.27. The second-order valence-corrected chi connectivity index (χ2v) is 8.10. The van der Waals surface area contributed by atoms with Crippen LogP contribution in [-0.4, -0.2) is 38.6 Å². The van der Waals surface area contributed by atoms with Crippen LogP contribution in [0.4, 0.5) is 5.69 Å². The predicted octanol–water partition coefficient (Wildman–Crippen LogP) is 2.33. The van der Waals surface area contributed by atoms with E-state index in [0.29, 0.717) is 17.0 Å². The van der Waals surface area contributed by atoms with Crippen molar-refractivity contribution >= 4 is 27.6 Å². The van der Waals surface area contributed by atoms with Crippen LogP contribution in [0.1, 0.15) is 24.2 Å². The minimum atomic E-state index is -4.01. The molecule has 150 valence electrons. The van der Waals surface area contributed by atoms with E-state index in [1.165, 1.54) is 31.4 Å². The molecule has 1 atom stereocenters. The molecule has 8 nitrogen and oxygen atoms in total. The minimum Gasteiger partial charge on any atom is -0.497 e. The van der Waals surface area contributed by atoms with Gasteiger partial charge in [0.1, 0.15) is 11.8 Å². The van der Waals surface area contributed by atoms with E-state index in [-0.39, 0.29) is 10.8 Å². The third-order valence-electron chi connectivity index (χ3n) is 3.99. The number of carboxylic acids is 1. The van der Waals surface area contributed by atoms with Gasteiger partial charge in [-0.1, -0.05) is 13.8 Å². The Labute approximate surface area is 163 Å². The van der Waals surface area contributed by atoms with E-state index >= 15 is 0 Å². The predicted molar refractivity (Wildman–Crippen MR) is 104 cm³/mol. The summed E-state index contributed by atoms with van der Waals surface area (Å²) in [5.41, 5.74) is 0.818. The molecule has 0 saturated heterocycles. The van der Waals surface area contributed by atoms with Crippen molar-refractivity contribution in [1.29, 1.82) is 0 Å². The van der Waals surface area contributed by atoms with Crippen molar-refractivity contribution in [2.24, 2.45) is 5.92 Å². The maximum Gasteiger partial charge on any atom is 0.322 e. The Morgan fingerprint density at radius 3 is 2.04 bits per heavy atom. The molecule has 0 bridgehead atoms. The number of ether oxygens (including phenoxy) is 1. The van der Waals surface area contributed by atoms with Crippen LogP contribution in [0.25, 0.3) is 0 Å². The Hall–Kier alpha value is -2.91. The zero-order chi connectivity index (χ0) is 20.9. The Bertz CT molecular complexity index is 937. The van der Waals surface area contributed by atoms with Crippen molar-refractivity contribution in [3.05, 3.63) is 54.1 Å². The number of rotatable bonds is 8. The van der Waals surface area contributed by atoms with Crippen molar-refractivity contribution in [2.45, 2.75) is 24.8 Å². The molecule has 28 heavy (non-hydrogen) atoms. The first kappa shape index (κ1) is 21.4. The average Bonchev–Trinajstić information content (AvgIpc) is 2.66. The Kier molecular flexibility index (Phi) is 6.76. The molecule has 1 amide bonds. The number of hydrogen-bond donors (Lipinski definition) is 3. The average molecular weight is 405 g/mol. The summed E-state index contributed by atoms with van der Waals surface area (Å²) in [4.78, 5) is 23.4. The van der Waals surface area contributed by atoms with Gasteiger partial charge < -0.3 is 15.2 Å². The Balaban J connectivity index is 2.11. The smallest absolute Gasteiger partial charge is 0.322 e. The summed E-state index contributed by atoms with van der Waals surface area (Å²) in [7, 11) is -2.48. The van der Waals surface area contributed by atoms with E-state index in [0.717, 1.165) is 0 Å². The van der Waals surface area contributed by atoms with Crippen LogP contribution in [-0.2, 0) is 14.8 Å². The molecule has 3 N–H and O–H groups in total.